The van der Waals surface area contributed by atoms with Crippen LogP contribution in [0, 0.1) is 0 Å². The van der Waals surface area contributed by atoms with E-state index in [0.29, 0.717) is 47.4 Å². The van der Waals surface area contributed by atoms with Crippen LogP contribution in [0.3, 0.4) is 0 Å². The standard InChI is InChI=1S/C26H29N3O6S2/c1-5-28(6-2)37(31,32)21-11-12-23-22(15-21)27-26(29(23)16-20-8-7-13-35-20)36-17-19-10-9-18(25(30)34-4)14-24(19)33-3/h7-15H,5-6,16-17H2,1-4H3. The van der Waals surface area contributed by atoms with Crippen molar-refractivity contribution in [1.29, 1.82) is 0 Å². The summed E-state index contributed by atoms with van der Waals surface area (Å²) < 4.78 is 45.5. The van der Waals surface area contributed by atoms with E-state index in [9.17, 15) is 13.2 Å². The van der Waals surface area contributed by atoms with Gasteiger partial charge < -0.3 is 18.5 Å². The predicted molar refractivity (Wildman–Crippen MR) is 142 cm³/mol. The molecule has 4 rings (SSSR count). The van der Waals surface area contributed by atoms with E-state index >= 15 is 0 Å². The SMILES string of the molecule is CCN(CC)S(=O)(=O)c1ccc2c(c1)nc(SCc1ccc(C(=O)OC)cc1OC)n2Cc1ccco1. The van der Waals surface area contributed by atoms with Crippen LogP contribution in [0.4, 0.5) is 0 Å². The van der Waals surface area contributed by atoms with Gasteiger partial charge in [0.2, 0.25) is 10.0 Å². The fourth-order valence-electron chi connectivity index (χ4n) is 4.03. The number of fused-ring (bicyclic) bond motifs is 1. The molecule has 0 bridgehead atoms. The molecule has 2 aromatic carbocycles. The van der Waals surface area contributed by atoms with Crippen molar-refractivity contribution < 1.29 is 27.1 Å². The van der Waals surface area contributed by atoms with Crippen molar-refractivity contribution in [1.82, 2.24) is 13.9 Å². The number of esters is 1. The van der Waals surface area contributed by atoms with Crippen molar-refractivity contribution in [2.24, 2.45) is 0 Å². The van der Waals surface area contributed by atoms with E-state index in [-0.39, 0.29) is 4.90 Å². The van der Waals surface area contributed by atoms with Crippen molar-refractivity contribution in [2.45, 2.75) is 36.2 Å². The van der Waals surface area contributed by atoms with Gasteiger partial charge in [-0.05, 0) is 42.5 Å². The Morgan fingerprint density at radius 1 is 1.11 bits per heavy atom. The number of sulfonamides is 1. The first-order chi connectivity index (χ1) is 17.8. The number of thioether (sulfide) groups is 1. The third-order valence-electron chi connectivity index (χ3n) is 5.99. The largest absolute Gasteiger partial charge is 0.496 e. The second-order valence-electron chi connectivity index (χ2n) is 8.11. The normalized spacial score (nSPS) is 11.8. The summed E-state index contributed by atoms with van der Waals surface area (Å²) in [5, 5.41) is 0.697. The number of rotatable bonds is 11. The van der Waals surface area contributed by atoms with Crippen molar-refractivity contribution in [3.05, 3.63) is 71.7 Å². The molecule has 0 aliphatic rings. The van der Waals surface area contributed by atoms with Gasteiger partial charge in [-0.15, -0.1) is 0 Å². The second kappa shape index (κ2) is 11.4. The average molecular weight is 544 g/mol. The summed E-state index contributed by atoms with van der Waals surface area (Å²) in [7, 11) is -0.735. The fourth-order valence-corrected chi connectivity index (χ4v) is 6.52. The zero-order valence-corrected chi connectivity index (χ0v) is 22.8. The maximum absolute atomic E-state index is 13.1. The molecular weight excluding hydrogens is 514 g/mol. The van der Waals surface area contributed by atoms with Crippen LogP contribution in [0.1, 0.15) is 35.5 Å². The summed E-state index contributed by atoms with van der Waals surface area (Å²) in [6.07, 6.45) is 1.61. The number of benzene rings is 2. The maximum atomic E-state index is 13.1. The monoisotopic (exact) mass is 543 g/mol. The Balaban J connectivity index is 1.71. The van der Waals surface area contributed by atoms with E-state index < -0.39 is 16.0 Å². The molecule has 0 radical (unpaired) electrons. The first-order valence-electron chi connectivity index (χ1n) is 11.7. The van der Waals surface area contributed by atoms with Gasteiger partial charge in [0, 0.05) is 24.4 Å². The topological polar surface area (TPSA) is 104 Å². The third-order valence-corrected chi connectivity index (χ3v) is 9.06. The number of aromatic nitrogens is 2. The van der Waals surface area contributed by atoms with Crippen molar-refractivity contribution in [2.75, 3.05) is 27.3 Å². The molecule has 0 amide bonds. The highest BCUT2D eigenvalue weighted by Crippen LogP contribution is 2.32. The number of furan rings is 1. The molecule has 0 aliphatic carbocycles. The molecule has 0 saturated heterocycles. The van der Waals surface area contributed by atoms with Crippen molar-refractivity contribution in [3.8, 4) is 5.75 Å². The first kappa shape index (κ1) is 26.8. The van der Waals surface area contributed by atoms with Gasteiger partial charge in [0.25, 0.3) is 0 Å². The summed E-state index contributed by atoms with van der Waals surface area (Å²) in [6, 6.07) is 13.9. The van der Waals surface area contributed by atoms with Gasteiger partial charge in [0.15, 0.2) is 5.16 Å². The molecule has 0 unspecified atom stereocenters. The summed E-state index contributed by atoms with van der Waals surface area (Å²) in [6.45, 7) is 4.85. The van der Waals surface area contributed by atoms with Crippen LogP contribution in [0.2, 0.25) is 0 Å². The molecule has 37 heavy (non-hydrogen) atoms. The van der Waals surface area contributed by atoms with Crippen LogP contribution in [0.5, 0.6) is 5.75 Å². The van der Waals surface area contributed by atoms with Crippen molar-refractivity contribution >= 4 is 38.8 Å². The minimum absolute atomic E-state index is 0.211. The number of carbonyl (C=O) groups excluding carboxylic acids is 1. The fraction of sp³-hybridized carbons (Fsp3) is 0.308. The molecule has 0 N–H and O–H groups in total. The molecule has 0 atom stereocenters. The summed E-state index contributed by atoms with van der Waals surface area (Å²) in [5.74, 6) is 1.39. The molecule has 0 spiro atoms. The summed E-state index contributed by atoms with van der Waals surface area (Å²) in [4.78, 5) is 16.9. The van der Waals surface area contributed by atoms with Crippen LogP contribution < -0.4 is 4.74 Å². The van der Waals surface area contributed by atoms with E-state index in [1.165, 1.54) is 23.2 Å². The lowest BCUT2D eigenvalue weighted by atomic mass is 10.1. The molecule has 0 fully saturated rings. The number of hydrogen-bond donors (Lipinski definition) is 0. The zero-order valence-electron chi connectivity index (χ0n) is 21.1. The molecule has 0 saturated carbocycles. The van der Waals surface area contributed by atoms with E-state index in [4.69, 9.17) is 18.9 Å². The lowest BCUT2D eigenvalue weighted by molar-refractivity contribution is 0.0600. The van der Waals surface area contributed by atoms with Crippen LogP contribution in [0.15, 0.2) is 69.3 Å². The minimum atomic E-state index is -3.62. The van der Waals surface area contributed by atoms with Gasteiger partial charge in [0.05, 0.1) is 48.5 Å². The Morgan fingerprint density at radius 2 is 1.89 bits per heavy atom. The van der Waals surface area contributed by atoms with E-state index in [0.717, 1.165) is 16.8 Å². The summed E-state index contributed by atoms with van der Waals surface area (Å²) in [5.41, 5.74) is 2.65. The highest BCUT2D eigenvalue weighted by molar-refractivity contribution is 7.98. The Bertz CT molecular complexity index is 1490. The zero-order chi connectivity index (χ0) is 26.6. The van der Waals surface area contributed by atoms with E-state index in [2.05, 4.69) is 0 Å². The number of methoxy groups -OCH3 is 2. The van der Waals surface area contributed by atoms with Gasteiger partial charge >= 0.3 is 5.97 Å². The molecule has 196 valence electrons. The van der Waals surface area contributed by atoms with Gasteiger partial charge in [-0.2, -0.15) is 4.31 Å². The minimum Gasteiger partial charge on any atom is -0.496 e. The van der Waals surface area contributed by atoms with Gasteiger partial charge in [-0.25, -0.2) is 18.2 Å². The van der Waals surface area contributed by atoms with Crippen LogP contribution in [-0.2, 0) is 27.1 Å². The second-order valence-corrected chi connectivity index (χ2v) is 11.0. The van der Waals surface area contributed by atoms with Crippen LogP contribution in [0.25, 0.3) is 11.0 Å². The van der Waals surface area contributed by atoms with Gasteiger partial charge in [-0.1, -0.05) is 31.7 Å². The third kappa shape index (κ3) is 5.53. The highest BCUT2D eigenvalue weighted by Gasteiger charge is 2.23. The number of carbonyl (C=O) groups is 1. The number of ether oxygens (including phenoxy) is 2. The Kier molecular flexibility index (Phi) is 8.25. The highest BCUT2D eigenvalue weighted by atomic mass is 32.2. The molecule has 11 heteroatoms. The quantitative estimate of drug-likeness (QED) is 0.196. The molecule has 4 aromatic rings. The molecule has 9 nitrogen and oxygen atoms in total. The van der Waals surface area contributed by atoms with E-state index in [1.54, 1.807) is 43.7 Å². The molecule has 0 aliphatic heterocycles. The average Bonchev–Trinajstić information content (AvgIpc) is 3.55. The Labute approximate surface area is 220 Å². The van der Waals surface area contributed by atoms with Crippen molar-refractivity contribution in [3.63, 3.8) is 0 Å². The van der Waals surface area contributed by atoms with Gasteiger partial charge in [0.1, 0.15) is 11.5 Å². The van der Waals surface area contributed by atoms with Gasteiger partial charge in [-0.3, -0.25) is 0 Å². The Morgan fingerprint density at radius 3 is 2.54 bits per heavy atom. The number of hydrogen-bond acceptors (Lipinski definition) is 8. The molecule has 2 aromatic heterocycles. The maximum Gasteiger partial charge on any atom is 0.337 e. The lowest BCUT2D eigenvalue weighted by Gasteiger charge is -2.18. The van der Waals surface area contributed by atoms with E-state index in [1.807, 2.05) is 36.6 Å². The predicted octanol–water partition coefficient (Wildman–Crippen LogP) is 4.80. The smallest absolute Gasteiger partial charge is 0.337 e. The number of nitrogens with zero attached hydrogens (tertiary/aromatic N) is 3. The Hall–Kier alpha value is -3.28. The first-order valence-corrected chi connectivity index (χ1v) is 14.2. The lowest BCUT2D eigenvalue weighted by Crippen LogP contribution is -2.30. The van der Waals surface area contributed by atoms with Crippen LogP contribution >= 0.6 is 11.8 Å². The van der Waals surface area contributed by atoms with Crippen LogP contribution in [-0.4, -0.2) is 55.6 Å². The molecule has 2 heterocycles. The molecular formula is C26H29N3O6S2. The summed E-state index contributed by atoms with van der Waals surface area (Å²) >= 11 is 1.48. The number of imidazole rings is 1.